The number of nitrogens with one attached hydrogen (secondary N) is 1. The van der Waals surface area contributed by atoms with Gasteiger partial charge in [-0.1, -0.05) is 19.4 Å². The normalized spacial score (nSPS) is 9.70. The Hall–Kier alpha value is -0.850. The van der Waals surface area contributed by atoms with Crippen molar-refractivity contribution in [3.63, 3.8) is 0 Å². The van der Waals surface area contributed by atoms with E-state index in [1.807, 2.05) is 12.3 Å². The van der Waals surface area contributed by atoms with Crippen molar-refractivity contribution in [2.45, 2.75) is 26.2 Å². The fourth-order valence-corrected chi connectivity index (χ4v) is 0.953. The van der Waals surface area contributed by atoms with E-state index >= 15 is 0 Å². The average molecular weight is 136 g/mol. The van der Waals surface area contributed by atoms with Crippen LogP contribution in [0.5, 0.6) is 0 Å². The molecule has 0 spiro atoms. The molecule has 1 heteroatoms. The first-order valence-electron chi connectivity index (χ1n) is 3.89. The Morgan fingerprint density at radius 1 is 1.40 bits per heavy atom. The first kappa shape index (κ1) is 7.26. The summed E-state index contributed by atoms with van der Waals surface area (Å²) in [6.07, 6.45) is 5.70. The van der Waals surface area contributed by atoms with E-state index in [0.717, 1.165) is 0 Å². The molecule has 54 valence electrons. The summed E-state index contributed by atoms with van der Waals surface area (Å²) >= 11 is 0. The first-order chi connectivity index (χ1) is 4.93. The SMILES string of the molecule is CCCCc1cccc[nH+]1. The molecule has 0 aliphatic rings. The van der Waals surface area contributed by atoms with Gasteiger partial charge in [-0.15, -0.1) is 0 Å². The minimum Gasteiger partial charge on any atom is -0.215 e. The highest BCUT2D eigenvalue weighted by Gasteiger charge is 1.95. The number of aromatic amines is 1. The lowest BCUT2D eigenvalue weighted by Crippen LogP contribution is -2.08. The lowest BCUT2D eigenvalue weighted by Gasteiger charge is -1.89. The van der Waals surface area contributed by atoms with Crippen LogP contribution in [0, 0.1) is 0 Å². The predicted octanol–water partition coefficient (Wildman–Crippen LogP) is 1.84. The molecule has 1 rings (SSSR count). The second-order valence-corrected chi connectivity index (χ2v) is 2.49. The Labute approximate surface area is 62.1 Å². The molecule has 0 atom stereocenters. The molecule has 10 heavy (non-hydrogen) atoms. The first-order valence-corrected chi connectivity index (χ1v) is 3.89. The maximum absolute atomic E-state index is 3.20. The highest BCUT2D eigenvalue weighted by Crippen LogP contribution is 1.96. The van der Waals surface area contributed by atoms with Crippen molar-refractivity contribution in [2.24, 2.45) is 0 Å². The minimum absolute atomic E-state index is 1.18. The second kappa shape index (κ2) is 4.04. The number of aromatic nitrogens is 1. The van der Waals surface area contributed by atoms with Crippen molar-refractivity contribution in [2.75, 3.05) is 0 Å². The summed E-state index contributed by atoms with van der Waals surface area (Å²) in [5.74, 6) is 0. The van der Waals surface area contributed by atoms with Crippen LogP contribution >= 0.6 is 0 Å². The van der Waals surface area contributed by atoms with Gasteiger partial charge in [0.1, 0.15) is 0 Å². The van der Waals surface area contributed by atoms with Crippen molar-refractivity contribution in [1.29, 1.82) is 0 Å². The maximum atomic E-state index is 3.20. The molecule has 0 amide bonds. The summed E-state index contributed by atoms with van der Waals surface area (Å²) in [5.41, 5.74) is 1.34. The summed E-state index contributed by atoms with van der Waals surface area (Å²) in [6.45, 7) is 2.21. The van der Waals surface area contributed by atoms with Gasteiger partial charge in [-0.05, 0) is 6.42 Å². The predicted molar refractivity (Wildman–Crippen MR) is 41.6 cm³/mol. The topological polar surface area (TPSA) is 14.1 Å². The molecule has 0 bridgehead atoms. The fourth-order valence-electron chi connectivity index (χ4n) is 0.953. The van der Waals surface area contributed by atoms with Crippen molar-refractivity contribution >= 4 is 0 Å². The highest BCUT2D eigenvalue weighted by molar-refractivity contribution is 4.96. The molecule has 1 heterocycles. The molecular formula is C9H14N+. The van der Waals surface area contributed by atoms with Gasteiger partial charge < -0.3 is 0 Å². The van der Waals surface area contributed by atoms with Gasteiger partial charge in [-0.25, -0.2) is 4.98 Å². The van der Waals surface area contributed by atoms with Gasteiger partial charge in [-0.2, -0.15) is 0 Å². The molecule has 0 aromatic carbocycles. The third kappa shape index (κ3) is 2.18. The molecule has 0 saturated heterocycles. The molecule has 0 aliphatic carbocycles. The smallest absolute Gasteiger partial charge is 0.179 e. The number of hydrogen-bond donors (Lipinski definition) is 0. The van der Waals surface area contributed by atoms with Gasteiger partial charge in [0.2, 0.25) is 0 Å². The van der Waals surface area contributed by atoms with Crippen LogP contribution < -0.4 is 4.98 Å². The lowest BCUT2D eigenvalue weighted by molar-refractivity contribution is -0.390. The van der Waals surface area contributed by atoms with Crippen LogP contribution in [0.1, 0.15) is 25.5 Å². The molecule has 1 N–H and O–H groups in total. The summed E-state index contributed by atoms with van der Waals surface area (Å²) in [5, 5.41) is 0. The third-order valence-corrected chi connectivity index (χ3v) is 1.57. The number of unbranched alkanes of at least 4 members (excludes halogenated alkanes) is 1. The van der Waals surface area contributed by atoms with Crippen LogP contribution in [0.2, 0.25) is 0 Å². The molecule has 1 aromatic rings. The average Bonchev–Trinajstić information content (AvgIpc) is 2.03. The van der Waals surface area contributed by atoms with E-state index in [9.17, 15) is 0 Å². The zero-order valence-corrected chi connectivity index (χ0v) is 6.43. The Bertz CT molecular complexity index is 169. The molecule has 0 fully saturated rings. The van der Waals surface area contributed by atoms with E-state index in [4.69, 9.17) is 0 Å². The summed E-state index contributed by atoms with van der Waals surface area (Å²) < 4.78 is 0. The van der Waals surface area contributed by atoms with E-state index in [0.29, 0.717) is 0 Å². The monoisotopic (exact) mass is 136 g/mol. The van der Waals surface area contributed by atoms with E-state index in [1.54, 1.807) is 0 Å². The van der Waals surface area contributed by atoms with Crippen LogP contribution in [0.15, 0.2) is 24.4 Å². The summed E-state index contributed by atoms with van der Waals surface area (Å²) in [6, 6.07) is 6.21. The van der Waals surface area contributed by atoms with Crippen LogP contribution in [-0.4, -0.2) is 0 Å². The van der Waals surface area contributed by atoms with Gasteiger partial charge >= 0.3 is 0 Å². The van der Waals surface area contributed by atoms with E-state index < -0.39 is 0 Å². The Morgan fingerprint density at radius 3 is 2.90 bits per heavy atom. The van der Waals surface area contributed by atoms with Gasteiger partial charge in [0, 0.05) is 18.6 Å². The number of pyridine rings is 1. The Morgan fingerprint density at radius 2 is 2.30 bits per heavy atom. The standard InChI is InChI=1S/C9H13N/c1-2-3-6-9-7-4-5-8-10-9/h4-5,7-8H,2-3,6H2,1H3/p+1. The number of aryl methyl sites for hydroxylation is 1. The quantitative estimate of drug-likeness (QED) is 0.602. The molecule has 1 aromatic heterocycles. The molecule has 0 saturated carbocycles. The zero-order chi connectivity index (χ0) is 7.23. The molecule has 0 unspecified atom stereocenters. The van der Waals surface area contributed by atoms with Crippen molar-refractivity contribution in [3.05, 3.63) is 30.1 Å². The Kier molecular flexibility index (Phi) is 2.94. The lowest BCUT2D eigenvalue weighted by atomic mass is 10.2. The van der Waals surface area contributed by atoms with Gasteiger partial charge in [0.15, 0.2) is 11.9 Å². The van der Waals surface area contributed by atoms with Crippen molar-refractivity contribution < 1.29 is 4.98 Å². The van der Waals surface area contributed by atoms with Crippen LogP contribution in [0.4, 0.5) is 0 Å². The summed E-state index contributed by atoms with van der Waals surface area (Å²) in [4.78, 5) is 3.20. The van der Waals surface area contributed by atoms with Crippen LogP contribution in [-0.2, 0) is 6.42 Å². The number of rotatable bonds is 3. The maximum Gasteiger partial charge on any atom is 0.179 e. The van der Waals surface area contributed by atoms with Crippen LogP contribution in [0.25, 0.3) is 0 Å². The molecule has 0 radical (unpaired) electrons. The van der Waals surface area contributed by atoms with Crippen molar-refractivity contribution in [3.8, 4) is 0 Å². The molecular weight excluding hydrogens is 122 g/mol. The summed E-state index contributed by atoms with van der Waals surface area (Å²) in [7, 11) is 0. The van der Waals surface area contributed by atoms with Gasteiger partial charge in [0.05, 0.1) is 0 Å². The van der Waals surface area contributed by atoms with Crippen molar-refractivity contribution in [1.82, 2.24) is 0 Å². The fraction of sp³-hybridized carbons (Fsp3) is 0.444. The molecule has 1 nitrogen and oxygen atoms in total. The van der Waals surface area contributed by atoms with E-state index in [1.165, 1.54) is 25.0 Å². The van der Waals surface area contributed by atoms with Gasteiger partial charge in [-0.3, -0.25) is 0 Å². The highest BCUT2D eigenvalue weighted by atomic mass is 14.7. The largest absolute Gasteiger partial charge is 0.215 e. The van der Waals surface area contributed by atoms with E-state index in [-0.39, 0.29) is 0 Å². The Balaban J connectivity index is 2.43. The molecule has 0 aliphatic heterocycles. The number of H-pyrrole nitrogens is 1. The van der Waals surface area contributed by atoms with E-state index in [2.05, 4.69) is 24.0 Å². The minimum atomic E-state index is 1.18. The van der Waals surface area contributed by atoms with Crippen LogP contribution in [0.3, 0.4) is 0 Å². The second-order valence-electron chi connectivity index (χ2n) is 2.49. The van der Waals surface area contributed by atoms with Gasteiger partial charge in [0.25, 0.3) is 0 Å². The number of hydrogen-bond acceptors (Lipinski definition) is 0. The zero-order valence-electron chi connectivity index (χ0n) is 6.43. The third-order valence-electron chi connectivity index (χ3n) is 1.57.